The summed E-state index contributed by atoms with van der Waals surface area (Å²) in [6.07, 6.45) is 3.67. The summed E-state index contributed by atoms with van der Waals surface area (Å²) >= 11 is 0. The molecule has 0 saturated heterocycles. The van der Waals surface area contributed by atoms with Gasteiger partial charge in [0.25, 0.3) is 0 Å². The Morgan fingerprint density at radius 1 is 1.19 bits per heavy atom. The van der Waals surface area contributed by atoms with Gasteiger partial charge in [-0.1, -0.05) is 12.5 Å². The summed E-state index contributed by atoms with van der Waals surface area (Å²) in [5.74, 6) is -2.90. The van der Waals surface area contributed by atoms with E-state index in [1.807, 2.05) is 0 Å². The zero-order chi connectivity index (χ0) is 15.0. The molecule has 2 aliphatic rings. The molecule has 112 valence electrons. The fourth-order valence-electron chi connectivity index (χ4n) is 2.95. The van der Waals surface area contributed by atoms with Gasteiger partial charge in [-0.25, -0.2) is 9.18 Å². The molecule has 5 heteroatoms. The van der Waals surface area contributed by atoms with Crippen molar-refractivity contribution in [2.45, 2.75) is 44.6 Å². The maximum absolute atomic E-state index is 14.1. The number of carbonyl (C=O) groups excluding carboxylic acids is 1. The summed E-state index contributed by atoms with van der Waals surface area (Å²) < 4.78 is 38.6. The highest BCUT2D eigenvalue weighted by Crippen LogP contribution is 2.45. The second-order valence-corrected chi connectivity index (χ2v) is 5.62. The van der Waals surface area contributed by atoms with Crippen LogP contribution in [0.3, 0.4) is 0 Å². The third kappa shape index (κ3) is 2.41. The number of aryl methyl sites for hydroxylation is 1. The average Bonchev–Trinajstić information content (AvgIpc) is 2.68. The van der Waals surface area contributed by atoms with E-state index in [0.29, 0.717) is 12.8 Å². The van der Waals surface area contributed by atoms with Gasteiger partial charge in [0.15, 0.2) is 22.9 Å². The van der Waals surface area contributed by atoms with E-state index in [1.165, 1.54) is 12.1 Å². The third-order valence-corrected chi connectivity index (χ3v) is 4.04. The van der Waals surface area contributed by atoms with Crippen LogP contribution in [0.5, 0.6) is 5.75 Å². The van der Waals surface area contributed by atoms with Gasteiger partial charge in [-0.2, -0.15) is 4.39 Å². The quantitative estimate of drug-likeness (QED) is 0.775. The van der Waals surface area contributed by atoms with Crippen LogP contribution < -0.4 is 4.74 Å². The molecule has 1 aliphatic carbocycles. The summed E-state index contributed by atoms with van der Waals surface area (Å²) in [4.78, 5) is 11.6. The molecule has 3 nitrogen and oxygen atoms in total. The highest BCUT2D eigenvalue weighted by molar-refractivity contribution is 5.90. The average molecular weight is 294 g/mol. The number of halogens is 2. The van der Waals surface area contributed by atoms with Crippen LogP contribution >= 0.6 is 0 Å². The van der Waals surface area contributed by atoms with E-state index in [4.69, 9.17) is 9.47 Å². The van der Waals surface area contributed by atoms with Crippen LogP contribution in [-0.4, -0.2) is 11.6 Å². The van der Waals surface area contributed by atoms with E-state index in [0.717, 1.165) is 24.8 Å². The molecule has 1 saturated carbocycles. The molecule has 1 spiro atoms. The van der Waals surface area contributed by atoms with Crippen molar-refractivity contribution in [3.05, 3.63) is 41.2 Å². The lowest BCUT2D eigenvalue weighted by atomic mass is 9.83. The van der Waals surface area contributed by atoms with Crippen LogP contribution in [0.4, 0.5) is 8.78 Å². The highest BCUT2D eigenvalue weighted by atomic mass is 19.1. The van der Waals surface area contributed by atoms with Crippen LogP contribution in [0.2, 0.25) is 0 Å². The number of esters is 1. The molecule has 0 aromatic heterocycles. The molecule has 0 bridgehead atoms. The molecule has 0 amide bonds. The molecule has 1 aromatic rings. The molecule has 0 radical (unpaired) electrons. The van der Waals surface area contributed by atoms with Gasteiger partial charge in [0.05, 0.1) is 0 Å². The SMILES string of the molecule is Cc1ccc(F)c(OC2=C(F)C(=O)OC23CCCCC3)c1. The van der Waals surface area contributed by atoms with Crippen LogP contribution in [0.1, 0.15) is 37.7 Å². The predicted octanol–water partition coefficient (Wildman–Crippen LogP) is 3.95. The first kappa shape index (κ1) is 14.0. The summed E-state index contributed by atoms with van der Waals surface area (Å²) in [5, 5.41) is 0. The van der Waals surface area contributed by atoms with Crippen LogP contribution in [-0.2, 0) is 9.53 Å². The van der Waals surface area contributed by atoms with Gasteiger partial charge in [0.1, 0.15) is 0 Å². The number of carbonyl (C=O) groups is 1. The molecule has 1 fully saturated rings. The molecule has 3 rings (SSSR count). The number of hydrogen-bond donors (Lipinski definition) is 0. The third-order valence-electron chi connectivity index (χ3n) is 4.04. The van der Waals surface area contributed by atoms with Crippen molar-refractivity contribution in [1.82, 2.24) is 0 Å². The second-order valence-electron chi connectivity index (χ2n) is 5.62. The lowest BCUT2D eigenvalue weighted by Gasteiger charge is -2.33. The Bertz CT molecular complexity index is 616. The number of rotatable bonds is 2. The Morgan fingerprint density at radius 3 is 2.62 bits per heavy atom. The van der Waals surface area contributed by atoms with Crippen molar-refractivity contribution in [1.29, 1.82) is 0 Å². The standard InChI is InChI=1S/C16H16F2O3/c1-10-5-6-11(17)12(9-10)20-14-13(18)15(19)21-16(14)7-3-2-4-8-16/h5-6,9H,2-4,7-8H2,1H3. The van der Waals surface area contributed by atoms with Gasteiger partial charge >= 0.3 is 5.97 Å². The molecule has 1 heterocycles. The van der Waals surface area contributed by atoms with Gasteiger partial charge in [-0.15, -0.1) is 0 Å². The van der Waals surface area contributed by atoms with Crippen LogP contribution in [0.15, 0.2) is 29.8 Å². The van der Waals surface area contributed by atoms with Crippen LogP contribution in [0.25, 0.3) is 0 Å². The fourth-order valence-corrected chi connectivity index (χ4v) is 2.95. The monoisotopic (exact) mass is 294 g/mol. The first-order valence-corrected chi connectivity index (χ1v) is 7.09. The minimum absolute atomic E-state index is 0.0802. The van der Waals surface area contributed by atoms with E-state index in [-0.39, 0.29) is 11.5 Å². The van der Waals surface area contributed by atoms with E-state index < -0.39 is 23.2 Å². The lowest BCUT2D eigenvalue weighted by molar-refractivity contribution is -0.151. The van der Waals surface area contributed by atoms with Crippen molar-refractivity contribution < 1.29 is 23.0 Å². The molecular formula is C16H16F2O3. The van der Waals surface area contributed by atoms with Crippen molar-refractivity contribution >= 4 is 5.97 Å². The minimum atomic E-state index is -1.06. The van der Waals surface area contributed by atoms with Gasteiger partial charge in [-0.3, -0.25) is 0 Å². The van der Waals surface area contributed by atoms with E-state index in [2.05, 4.69) is 0 Å². The fraction of sp³-hybridized carbons (Fsp3) is 0.438. The minimum Gasteiger partial charge on any atom is -0.451 e. The predicted molar refractivity (Wildman–Crippen MR) is 71.8 cm³/mol. The Kier molecular flexibility index (Phi) is 3.43. The first-order chi connectivity index (χ1) is 10.0. The van der Waals surface area contributed by atoms with Crippen LogP contribution in [0, 0.1) is 12.7 Å². The Hall–Kier alpha value is -1.91. The molecule has 21 heavy (non-hydrogen) atoms. The van der Waals surface area contributed by atoms with E-state index in [1.54, 1.807) is 13.0 Å². The second kappa shape index (κ2) is 5.13. The zero-order valence-electron chi connectivity index (χ0n) is 11.7. The molecule has 0 N–H and O–H groups in total. The van der Waals surface area contributed by atoms with E-state index >= 15 is 0 Å². The molecule has 0 unspecified atom stereocenters. The molecule has 0 atom stereocenters. The normalized spacial score (nSPS) is 20.8. The summed E-state index contributed by atoms with van der Waals surface area (Å²) in [6, 6.07) is 4.34. The topological polar surface area (TPSA) is 35.5 Å². The summed E-state index contributed by atoms with van der Waals surface area (Å²) in [5.41, 5.74) is -0.273. The maximum Gasteiger partial charge on any atom is 0.371 e. The van der Waals surface area contributed by atoms with E-state index in [9.17, 15) is 13.6 Å². The summed E-state index contributed by atoms with van der Waals surface area (Å²) in [6.45, 7) is 1.78. The molecular weight excluding hydrogens is 278 g/mol. The smallest absolute Gasteiger partial charge is 0.371 e. The maximum atomic E-state index is 14.1. The summed E-state index contributed by atoms with van der Waals surface area (Å²) in [7, 11) is 0. The van der Waals surface area contributed by atoms with Gasteiger partial charge in [0, 0.05) is 0 Å². The molecule has 1 aromatic carbocycles. The number of ether oxygens (including phenoxy) is 2. The Balaban J connectivity index is 1.97. The first-order valence-electron chi connectivity index (χ1n) is 7.09. The van der Waals surface area contributed by atoms with Crippen molar-refractivity contribution in [2.75, 3.05) is 0 Å². The largest absolute Gasteiger partial charge is 0.451 e. The van der Waals surface area contributed by atoms with Gasteiger partial charge in [0.2, 0.25) is 5.83 Å². The Labute approximate surface area is 121 Å². The highest BCUT2D eigenvalue weighted by Gasteiger charge is 2.51. The lowest BCUT2D eigenvalue weighted by Crippen LogP contribution is -2.36. The zero-order valence-corrected chi connectivity index (χ0v) is 11.7. The van der Waals surface area contributed by atoms with Crippen molar-refractivity contribution in [3.8, 4) is 5.75 Å². The number of hydrogen-bond acceptors (Lipinski definition) is 3. The van der Waals surface area contributed by atoms with Gasteiger partial charge in [-0.05, 0) is 50.3 Å². The molecule has 1 aliphatic heterocycles. The number of benzene rings is 1. The van der Waals surface area contributed by atoms with Crippen molar-refractivity contribution in [2.24, 2.45) is 0 Å². The Morgan fingerprint density at radius 2 is 1.90 bits per heavy atom. The van der Waals surface area contributed by atoms with Gasteiger partial charge < -0.3 is 9.47 Å². The van der Waals surface area contributed by atoms with Crippen molar-refractivity contribution in [3.63, 3.8) is 0 Å².